The van der Waals surface area contributed by atoms with Crippen molar-refractivity contribution in [1.82, 2.24) is 15.0 Å². The molecule has 0 spiro atoms. The van der Waals surface area contributed by atoms with E-state index in [0.29, 0.717) is 17.5 Å². The molecule has 4 nitrogen and oxygen atoms in total. The van der Waals surface area contributed by atoms with Crippen LogP contribution >= 0.6 is 0 Å². The lowest BCUT2D eigenvalue weighted by molar-refractivity contribution is 0.669. The van der Waals surface area contributed by atoms with Crippen LogP contribution in [0.15, 0.2) is 229 Å². The van der Waals surface area contributed by atoms with E-state index >= 15 is 0 Å². The van der Waals surface area contributed by atoms with Gasteiger partial charge in [-0.2, -0.15) is 0 Å². The van der Waals surface area contributed by atoms with Crippen LogP contribution in [-0.4, -0.2) is 15.0 Å². The van der Waals surface area contributed by atoms with E-state index in [1.54, 1.807) is 0 Å². The summed E-state index contributed by atoms with van der Waals surface area (Å²) in [6, 6.07) is 78.2. The Hall–Kier alpha value is -8.21. The molecule has 0 N–H and O–H groups in total. The first-order valence-electron chi connectivity index (χ1n) is 20.5. The minimum atomic E-state index is 0.574. The largest absolute Gasteiger partial charge is 0.456 e. The molecule has 2 aromatic heterocycles. The summed E-state index contributed by atoms with van der Waals surface area (Å²) in [7, 11) is 0. The van der Waals surface area contributed by atoms with Crippen molar-refractivity contribution in [2.75, 3.05) is 0 Å². The highest BCUT2D eigenvalue weighted by molar-refractivity contribution is 6.13. The molecule has 0 aliphatic rings. The summed E-state index contributed by atoms with van der Waals surface area (Å²) in [5, 5.41) is 2.12. The fraction of sp³-hybridized carbons (Fsp3) is 0. The predicted octanol–water partition coefficient (Wildman–Crippen LogP) is 15.1. The molecule has 0 saturated heterocycles. The first-order valence-corrected chi connectivity index (χ1v) is 20.5. The zero-order valence-electron chi connectivity index (χ0n) is 33.1. The summed E-state index contributed by atoms with van der Waals surface area (Å²) in [6.07, 6.45) is 0. The van der Waals surface area contributed by atoms with E-state index in [4.69, 9.17) is 19.4 Å². The van der Waals surface area contributed by atoms with Gasteiger partial charge in [0.05, 0.1) is 0 Å². The van der Waals surface area contributed by atoms with Crippen molar-refractivity contribution in [2.24, 2.45) is 0 Å². The van der Waals surface area contributed by atoms with Gasteiger partial charge in [0.25, 0.3) is 0 Å². The summed E-state index contributed by atoms with van der Waals surface area (Å²) in [5.41, 5.74) is 15.8. The van der Waals surface area contributed by atoms with Crippen LogP contribution in [0, 0.1) is 0 Å². The second-order valence-electron chi connectivity index (χ2n) is 15.2. The number of hydrogen-bond acceptors (Lipinski definition) is 4. The predicted molar refractivity (Wildman–Crippen MR) is 251 cm³/mol. The first-order chi connectivity index (χ1) is 30.2. The number of hydrogen-bond donors (Lipinski definition) is 0. The second kappa shape index (κ2) is 15.5. The van der Waals surface area contributed by atoms with Crippen molar-refractivity contribution < 1.29 is 4.42 Å². The number of furan rings is 1. The van der Waals surface area contributed by atoms with Crippen molar-refractivity contribution in [3.63, 3.8) is 0 Å². The molecule has 0 bridgehead atoms. The van der Waals surface area contributed by atoms with Gasteiger partial charge in [-0.05, 0) is 79.9 Å². The van der Waals surface area contributed by atoms with E-state index in [-0.39, 0.29) is 0 Å². The Morgan fingerprint density at radius 2 is 0.623 bits per heavy atom. The number of benzene rings is 9. The summed E-state index contributed by atoms with van der Waals surface area (Å²) < 4.78 is 6.58. The molecule has 0 amide bonds. The Morgan fingerprint density at radius 3 is 1.16 bits per heavy atom. The van der Waals surface area contributed by atoms with Crippen LogP contribution < -0.4 is 0 Å². The van der Waals surface area contributed by atoms with Crippen molar-refractivity contribution in [3.05, 3.63) is 224 Å². The van der Waals surface area contributed by atoms with Crippen LogP contribution in [0.3, 0.4) is 0 Å². The van der Waals surface area contributed by atoms with Crippen LogP contribution in [0.5, 0.6) is 0 Å². The quantitative estimate of drug-likeness (QED) is 0.154. The maximum atomic E-state index is 6.58. The van der Waals surface area contributed by atoms with Gasteiger partial charge in [0.1, 0.15) is 11.2 Å². The monoisotopic (exact) mass is 779 g/mol. The SMILES string of the molecule is c1ccc(-c2ccc(-c3ccc(-c4nc(-c5cccc(-c6ccccc6)c5)nc(-c5ccc6c(c5)oc5cccc(-c7ccc(-c8ccccc8)cc7)c56)n4)cc3)cc2)cc1. The first kappa shape index (κ1) is 35.9. The smallest absolute Gasteiger partial charge is 0.164 e. The zero-order valence-corrected chi connectivity index (χ0v) is 33.1. The maximum Gasteiger partial charge on any atom is 0.164 e. The average Bonchev–Trinajstić information content (AvgIpc) is 3.73. The van der Waals surface area contributed by atoms with Gasteiger partial charge in [-0.1, -0.05) is 200 Å². The number of rotatable bonds is 8. The Kier molecular flexibility index (Phi) is 9.14. The molecule has 0 atom stereocenters. The molecule has 2 heterocycles. The van der Waals surface area contributed by atoms with Gasteiger partial charge in [0.15, 0.2) is 17.5 Å². The van der Waals surface area contributed by atoms with Gasteiger partial charge in [0, 0.05) is 27.5 Å². The minimum Gasteiger partial charge on any atom is -0.456 e. The van der Waals surface area contributed by atoms with E-state index in [1.807, 2.05) is 24.3 Å². The Labute approximate surface area is 354 Å². The maximum absolute atomic E-state index is 6.58. The van der Waals surface area contributed by atoms with Crippen molar-refractivity contribution in [2.45, 2.75) is 0 Å². The molecule has 0 unspecified atom stereocenters. The molecule has 4 heteroatoms. The van der Waals surface area contributed by atoms with Crippen molar-refractivity contribution in [1.29, 1.82) is 0 Å². The molecule has 0 aliphatic heterocycles. The Morgan fingerprint density at radius 1 is 0.246 bits per heavy atom. The van der Waals surface area contributed by atoms with Crippen LogP contribution in [0.4, 0.5) is 0 Å². The Balaban J connectivity index is 0.980. The van der Waals surface area contributed by atoms with E-state index in [1.165, 1.54) is 22.3 Å². The summed E-state index contributed by atoms with van der Waals surface area (Å²) in [5.74, 6) is 1.77. The van der Waals surface area contributed by atoms with Gasteiger partial charge < -0.3 is 4.42 Å². The van der Waals surface area contributed by atoms with E-state index in [2.05, 4.69) is 200 Å². The number of nitrogens with zero attached hydrogens (tertiary/aromatic N) is 3. The fourth-order valence-corrected chi connectivity index (χ4v) is 8.21. The molecule has 9 aromatic carbocycles. The molecular weight excluding hydrogens is 743 g/mol. The number of aromatic nitrogens is 3. The highest BCUT2D eigenvalue weighted by atomic mass is 16.3. The van der Waals surface area contributed by atoms with E-state index in [0.717, 1.165) is 72.0 Å². The molecule has 0 radical (unpaired) electrons. The molecule has 0 aliphatic carbocycles. The summed E-state index contributed by atoms with van der Waals surface area (Å²) in [6.45, 7) is 0. The Bertz CT molecular complexity index is 3300. The normalized spacial score (nSPS) is 11.3. The zero-order chi connectivity index (χ0) is 40.5. The van der Waals surface area contributed by atoms with Crippen LogP contribution in [0.25, 0.3) is 112 Å². The van der Waals surface area contributed by atoms with Gasteiger partial charge in [-0.25, -0.2) is 15.0 Å². The minimum absolute atomic E-state index is 0.574. The third-order valence-electron chi connectivity index (χ3n) is 11.4. The van der Waals surface area contributed by atoms with Gasteiger partial charge in [-0.3, -0.25) is 0 Å². The van der Waals surface area contributed by atoms with Crippen LogP contribution in [0.1, 0.15) is 0 Å². The highest BCUT2D eigenvalue weighted by Crippen LogP contribution is 2.39. The van der Waals surface area contributed by atoms with Crippen molar-refractivity contribution >= 4 is 21.9 Å². The average molecular weight is 780 g/mol. The van der Waals surface area contributed by atoms with Crippen LogP contribution in [-0.2, 0) is 0 Å². The van der Waals surface area contributed by atoms with Gasteiger partial charge in [-0.15, -0.1) is 0 Å². The molecule has 0 fully saturated rings. The van der Waals surface area contributed by atoms with Gasteiger partial charge >= 0.3 is 0 Å². The molecular formula is C57H37N3O. The lowest BCUT2D eigenvalue weighted by Crippen LogP contribution is -2.00. The fourth-order valence-electron chi connectivity index (χ4n) is 8.21. The molecule has 286 valence electrons. The molecule has 11 aromatic rings. The van der Waals surface area contributed by atoms with E-state index in [9.17, 15) is 0 Å². The molecule has 61 heavy (non-hydrogen) atoms. The van der Waals surface area contributed by atoms with E-state index < -0.39 is 0 Å². The molecule has 11 rings (SSSR count). The standard InChI is InChI=1S/C57H37N3O/c1-4-12-38(13-5-1)41-22-24-43(25-23-41)44-28-32-46(33-29-44)55-58-56(48-19-10-18-47(36-48)40-16-8-3-9-17-40)60-57(59-55)49-34-35-51-53(37-49)61-52-21-11-20-50(54(51)52)45-30-26-42(27-31-45)39-14-6-2-7-15-39/h1-37H. The van der Waals surface area contributed by atoms with Crippen LogP contribution in [0.2, 0.25) is 0 Å². The lowest BCUT2D eigenvalue weighted by atomic mass is 9.96. The highest BCUT2D eigenvalue weighted by Gasteiger charge is 2.17. The molecule has 0 saturated carbocycles. The topological polar surface area (TPSA) is 51.8 Å². The number of fused-ring (bicyclic) bond motifs is 3. The van der Waals surface area contributed by atoms with Crippen molar-refractivity contribution in [3.8, 4) is 89.8 Å². The summed E-state index contributed by atoms with van der Waals surface area (Å²) >= 11 is 0. The second-order valence-corrected chi connectivity index (χ2v) is 15.2. The lowest BCUT2D eigenvalue weighted by Gasteiger charge is -2.10. The third-order valence-corrected chi connectivity index (χ3v) is 11.4. The third kappa shape index (κ3) is 7.07. The summed E-state index contributed by atoms with van der Waals surface area (Å²) in [4.78, 5) is 15.4. The van der Waals surface area contributed by atoms with Gasteiger partial charge in [0.2, 0.25) is 0 Å².